The quantitative estimate of drug-likeness (QED) is 0.429. The molecule has 0 radical (unpaired) electrons. The zero-order valence-electron chi connectivity index (χ0n) is 21.5. The molecule has 0 unspecified atom stereocenters. The monoisotopic (exact) mass is 525 g/mol. The van der Waals surface area contributed by atoms with Crippen molar-refractivity contribution in [2.24, 2.45) is 0 Å². The van der Waals surface area contributed by atoms with Gasteiger partial charge in [0, 0.05) is 35.8 Å². The summed E-state index contributed by atoms with van der Waals surface area (Å²) in [5, 5.41) is 6.20. The molecule has 3 N–H and O–H groups in total. The van der Waals surface area contributed by atoms with Crippen LogP contribution in [-0.2, 0) is 4.74 Å². The fraction of sp³-hybridized carbons (Fsp3) is 0.407. The number of likely N-dealkylation sites (tertiary alicyclic amines) is 1. The number of carbonyl (C=O) groups is 3. The van der Waals surface area contributed by atoms with Gasteiger partial charge in [0.15, 0.2) is 0 Å². The number of aromatic amines is 1. The van der Waals surface area contributed by atoms with E-state index in [9.17, 15) is 14.4 Å². The summed E-state index contributed by atoms with van der Waals surface area (Å²) >= 11 is 6.11. The Bertz CT molecular complexity index is 1320. The van der Waals surface area contributed by atoms with Crippen LogP contribution in [0.1, 0.15) is 71.8 Å². The highest BCUT2D eigenvalue weighted by molar-refractivity contribution is 6.31. The molecule has 1 aliphatic heterocycles. The molecule has 4 rings (SSSR count). The molecular weight excluding hydrogens is 494 g/mol. The Hall–Kier alpha value is -3.59. The van der Waals surface area contributed by atoms with Crippen molar-refractivity contribution in [2.75, 3.05) is 19.6 Å². The molecule has 0 saturated carbocycles. The molecule has 1 aromatic heterocycles. The van der Waals surface area contributed by atoms with E-state index in [1.165, 1.54) is 0 Å². The van der Waals surface area contributed by atoms with Crippen molar-refractivity contribution in [3.05, 3.63) is 63.9 Å². The molecule has 1 aliphatic rings. The molecule has 3 aromatic rings. The van der Waals surface area contributed by atoms with Gasteiger partial charge in [-0.25, -0.2) is 9.78 Å². The SMILES string of the molecule is Cc1cc(C(=O)N[C@@H](CNC(=O)OC(C)(C)C)c2nc3ccc(Cl)cc3[nH]2)ccc1C(=O)N1CCCC1. The number of fused-ring (bicyclic) bond motifs is 1. The van der Waals surface area contributed by atoms with E-state index >= 15 is 0 Å². The molecule has 1 fully saturated rings. The number of imidazole rings is 1. The summed E-state index contributed by atoms with van der Waals surface area (Å²) in [5.41, 5.74) is 2.44. The maximum absolute atomic E-state index is 13.2. The molecule has 37 heavy (non-hydrogen) atoms. The van der Waals surface area contributed by atoms with Crippen LogP contribution in [0.5, 0.6) is 0 Å². The molecule has 0 aliphatic carbocycles. The largest absolute Gasteiger partial charge is 0.444 e. The Morgan fingerprint density at radius 2 is 1.86 bits per heavy atom. The smallest absolute Gasteiger partial charge is 0.407 e. The molecule has 9 nitrogen and oxygen atoms in total. The summed E-state index contributed by atoms with van der Waals surface area (Å²) in [6.07, 6.45) is 1.42. The first kappa shape index (κ1) is 26.5. The maximum Gasteiger partial charge on any atom is 0.407 e. The average molecular weight is 526 g/mol. The summed E-state index contributed by atoms with van der Waals surface area (Å²) in [7, 11) is 0. The Morgan fingerprint density at radius 1 is 1.14 bits per heavy atom. The molecular formula is C27H32ClN5O4. The van der Waals surface area contributed by atoms with Crippen LogP contribution in [0.25, 0.3) is 11.0 Å². The number of alkyl carbamates (subject to hydrolysis) is 1. The standard InChI is InChI=1S/C27H32ClN5O4/c1-16-13-17(7-9-19(16)25(35)33-11-5-6-12-33)24(34)32-22(15-29-26(36)37-27(2,3)4)23-30-20-10-8-18(28)14-21(20)31-23/h7-10,13-14,22H,5-6,11-12,15H2,1-4H3,(H,29,36)(H,30,31)(H,32,34)/t22-/m0/s1. The van der Waals surface area contributed by atoms with Crippen LogP contribution in [0.2, 0.25) is 5.02 Å². The number of hydrogen-bond donors (Lipinski definition) is 3. The van der Waals surface area contributed by atoms with Crippen LogP contribution < -0.4 is 10.6 Å². The lowest BCUT2D eigenvalue weighted by molar-refractivity contribution is 0.0519. The third-order valence-electron chi connectivity index (χ3n) is 6.06. The second-order valence-electron chi connectivity index (χ2n) is 10.2. The molecule has 1 atom stereocenters. The van der Waals surface area contributed by atoms with E-state index in [4.69, 9.17) is 16.3 Å². The first-order chi connectivity index (χ1) is 17.5. The van der Waals surface area contributed by atoms with Crippen LogP contribution in [0.3, 0.4) is 0 Å². The number of ether oxygens (including phenoxy) is 1. The average Bonchev–Trinajstić information content (AvgIpc) is 3.50. The highest BCUT2D eigenvalue weighted by Gasteiger charge is 2.24. The lowest BCUT2D eigenvalue weighted by Gasteiger charge is -2.22. The van der Waals surface area contributed by atoms with Gasteiger partial charge in [0.05, 0.1) is 11.0 Å². The number of rotatable bonds is 6. The van der Waals surface area contributed by atoms with Crippen molar-refractivity contribution in [3.8, 4) is 0 Å². The van der Waals surface area contributed by atoms with Crippen molar-refractivity contribution < 1.29 is 19.1 Å². The molecule has 2 aromatic carbocycles. The molecule has 1 saturated heterocycles. The van der Waals surface area contributed by atoms with Gasteiger partial charge in [-0.15, -0.1) is 0 Å². The van der Waals surface area contributed by atoms with E-state index < -0.39 is 17.7 Å². The number of benzene rings is 2. The number of aryl methyl sites for hydroxylation is 1. The molecule has 2 heterocycles. The number of H-pyrrole nitrogens is 1. The van der Waals surface area contributed by atoms with E-state index in [1.54, 1.807) is 57.2 Å². The van der Waals surface area contributed by atoms with Gasteiger partial charge in [-0.3, -0.25) is 9.59 Å². The molecule has 0 spiro atoms. The summed E-state index contributed by atoms with van der Waals surface area (Å²) in [6, 6.07) is 9.61. The molecule has 3 amide bonds. The van der Waals surface area contributed by atoms with E-state index in [1.807, 2.05) is 11.8 Å². The predicted octanol–water partition coefficient (Wildman–Crippen LogP) is 4.76. The Kier molecular flexibility index (Phi) is 7.73. The highest BCUT2D eigenvalue weighted by Crippen LogP contribution is 2.22. The van der Waals surface area contributed by atoms with Gasteiger partial charge in [0.25, 0.3) is 11.8 Å². The van der Waals surface area contributed by atoms with Crippen molar-refractivity contribution in [1.29, 1.82) is 0 Å². The Balaban J connectivity index is 1.54. The first-order valence-corrected chi connectivity index (χ1v) is 12.7. The van der Waals surface area contributed by atoms with Crippen LogP contribution in [0.4, 0.5) is 4.79 Å². The van der Waals surface area contributed by atoms with Crippen molar-refractivity contribution in [3.63, 3.8) is 0 Å². The number of nitrogens with one attached hydrogen (secondary N) is 3. The second kappa shape index (κ2) is 10.8. The summed E-state index contributed by atoms with van der Waals surface area (Å²) in [5.74, 6) is 0.0827. The minimum Gasteiger partial charge on any atom is -0.444 e. The van der Waals surface area contributed by atoms with Gasteiger partial charge in [0.1, 0.15) is 17.5 Å². The number of nitrogens with zero attached hydrogens (tertiary/aromatic N) is 2. The molecule has 10 heteroatoms. The highest BCUT2D eigenvalue weighted by atomic mass is 35.5. The third-order valence-corrected chi connectivity index (χ3v) is 6.29. The lowest BCUT2D eigenvalue weighted by Crippen LogP contribution is -2.40. The van der Waals surface area contributed by atoms with Crippen molar-refractivity contribution in [1.82, 2.24) is 25.5 Å². The number of amides is 3. The van der Waals surface area contributed by atoms with Crippen LogP contribution >= 0.6 is 11.6 Å². The number of halogens is 1. The third kappa shape index (κ3) is 6.60. The number of aromatic nitrogens is 2. The maximum atomic E-state index is 13.2. The second-order valence-corrected chi connectivity index (χ2v) is 10.7. The van der Waals surface area contributed by atoms with E-state index in [0.717, 1.165) is 31.5 Å². The van der Waals surface area contributed by atoms with Gasteiger partial charge in [-0.1, -0.05) is 11.6 Å². The summed E-state index contributed by atoms with van der Waals surface area (Å²) < 4.78 is 5.34. The predicted molar refractivity (Wildman–Crippen MR) is 142 cm³/mol. The summed E-state index contributed by atoms with van der Waals surface area (Å²) in [4.78, 5) is 48.0. The van der Waals surface area contributed by atoms with Crippen LogP contribution in [0, 0.1) is 6.92 Å². The zero-order valence-corrected chi connectivity index (χ0v) is 22.2. The first-order valence-electron chi connectivity index (χ1n) is 12.3. The topological polar surface area (TPSA) is 116 Å². The van der Waals surface area contributed by atoms with Crippen LogP contribution in [-0.4, -0.2) is 58.0 Å². The fourth-order valence-corrected chi connectivity index (χ4v) is 4.43. The van der Waals surface area contributed by atoms with E-state index in [-0.39, 0.29) is 18.4 Å². The van der Waals surface area contributed by atoms with Crippen LogP contribution in [0.15, 0.2) is 36.4 Å². The zero-order chi connectivity index (χ0) is 26.7. The lowest BCUT2D eigenvalue weighted by atomic mass is 10.0. The van der Waals surface area contributed by atoms with Crippen molar-refractivity contribution in [2.45, 2.75) is 52.2 Å². The van der Waals surface area contributed by atoms with Gasteiger partial charge in [-0.2, -0.15) is 0 Å². The normalized spacial score (nSPS) is 14.5. The number of hydrogen-bond acceptors (Lipinski definition) is 5. The Labute approximate surface area is 220 Å². The van der Waals surface area contributed by atoms with Crippen molar-refractivity contribution >= 4 is 40.5 Å². The van der Waals surface area contributed by atoms with Gasteiger partial charge >= 0.3 is 6.09 Å². The van der Waals surface area contributed by atoms with Gasteiger partial charge in [-0.05, 0) is 82.5 Å². The fourth-order valence-electron chi connectivity index (χ4n) is 4.26. The summed E-state index contributed by atoms with van der Waals surface area (Å²) in [6.45, 7) is 8.70. The molecule has 0 bridgehead atoms. The minimum absolute atomic E-state index is 0.0117. The van der Waals surface area contributed by atoms with E-state index in [0.29, 0.717) is 33.0 Å². The van der Waals surface area contributed by atoms with E-state index in [2.05, 4.69) is 20.6 Å². The Morgan fingerprint density at radius 3 is 2.54 bits per heavy atom. The number of carbonyl (C=O) groups excluding carboxylic acids is 3. The van der Waals surface area contributed by atoms with Gasteiger partial charge in [0.2, 0.25) is 0 Å². The molecule has 196 valence electrons. The minimum atomic E-state index is -0.683. The van der Waals surface area contributed by atoms with Gasteiger partial charge < -0.3 is 25.3 Å².